The van der Waals surface area contributed by atoms with Crippen LogP contribution < -0.4 is 9.47 Å². The molecular weight excluding hydrogens is 322 g/mol. The summed E-state index contributed by atoms with van der Waals surface area (Å²) in [5, 5.41) is 0. The smallest absolute Gasteiger partial charge is 0.213 e. The van der Waals surface area contributed by atoms with Crippen molar-refractivity contribution in [2.45, 2.75) is 59.3 Å². The van der Waals surface area contributed by atoms with Gasteiger partial charge in [0.1, 0.15) is 5.75 Å². The number of unbranched alkanes of at least 4 members (excludes halogenated alkanes) is 2. The normalized spacial score (nSPS) is 12.0. The molecule has 0 aliphatic rings. The Balaban J connectivity index is 1.91. The van der Waals surface area contributed by atoms with Crippen LogP contribution in [0.4, 0.5) is 0 Å². The van der Waals surface area contributed by atoms with Crippen LogP contribution >= 0.6 is 0 Å². The highest BCUT2D eigenvalue weighted by Gasteiger charge is 2.08. The molecule has 2 rings (SSSR count). The highest BCUT2D eigenvalue weighted by molar-refractivity contribution is 5.70. The number of pyridine rings is 1. The average molecular weight is 356 g/mol. The fraction of sp³-hybridized carbons (Fsp3) is 0.522. The number of rotatable bonds is 12. The third-order valence-corrected chi connectivity index (χ3v) is 4.68. The first-order valence-electron chi connectivity index (χ1n) is 10.1. The van der Waals surface area contributed by atoms with Crippen LogP contribution in [0.1, 0.15) is 59.3 Å². The zero-order valence-electron chi connectivity index (χ0n) is 16.5. The number of benzene rings is 1. The quantitative estimate of drug-likeness (QED) is 0.406. The summed E-state index contributed by atoms with van der Waals surface area (Å²) in [5.41, 5.74) is 2.18. The molecule has 0 N–H and O–H groups in total. The number of para-hydroxylation sites is 1. The Bertz CT molecular complexity index is 642. The Morgan fingerprint density at radius 3 is 2.62 bits per heavy atom. The summed E-state index contributed by atoms with van der Waals surface area (Å²) in [4.78, 5) is 4.29. The zero-order valence-corrected chi connectivity index (χ0v) is 16.5. The molecule has 0 radical (unpaired) electrons. The second-order valence-corrected chi connectivity index (χ2v) is 6.94. The summed E-state index contributed by atoms with van der Waals surface area (Å²) >= 11 is 0. The van der Waals surface area contributed by atoms with E-state index in [1.807, 2.05) is 30.3 Å². The van der Waals surface area contributed by atoms with E-state index in [-0.39, 0.29) is 0 Å². The summed E-state index contributed by atoms with van der Waals surface area (Å²) in [6.07, 6.45) is 9.00. The summed E-state index contributed by atoms with van der Waals surface area (Å²) in [7, 11) is 0. The molecule has 0 aliphatic heterocycles. The first-order chi connectivity index (χ1) is 12.7. The van der Waals surface area contributed by atoms with Gasteiger partial charge in [0.15, 0.2) is 0 Å². The van der Waals surface area contributed by atoms with E-state index >= 15 is 0 Å². The van der Waals surface area contributed by atoms with Crippen LogP contribution in [-0.4, -0.2) is 18.2 Å². The van der Waals surface area contributed by atoms with Gasteiger partial charge >= 0.3 is 0 Å². The van der Waals surface area contributed by atoms with Crippen molar-refractivity contribution in [2.75, 3.05) is 13.2 Å². The van der Waals surface area contributed by atoms with Crippen molar-refractivity contribution in [1.82, 2.24) is 4.98 Å². The van der Waals surface area contributed by atoms with E-state index in [4.69, 9.17) is 9.47 Å². The lowest BCUT2D eigenvalue weighted by Gasteiger charge is -2.13. The Labute approximate surface area is 158 Å². The minimum absolute atomic E-state index is 0.671. The lowest BCUT2D eigenvalue weighted by atomic mass is 10.0. The third kappa shape index (κ3) is 6.70. The van der Waals surface area contributed by atoms with Gasteiger partial charge in [0, 0.05) is 17.8 Å². The molecule has 1 atom stereocenters. The van der Waals surface area contributed by atoms with Crippen LogP contribution in [0.25, 0.3) is 11.1 Å². The predicted octanol–water partition coefficient (Wildman–Crippen LogP) is 6.52. The standard InChI is InChI=1S/C23H33NO2/c1-4-16-26-23-18-20(14-15-24-23)21-12-8-9-13-22(21)25-17-10-6-7-11-19(3)5-2/h8-9,12-15,18-19H,4-7,10-11,16-17H2,1-3H3. The number of hydrogen-bond donors (Lipinski definition) is 0. The SMILES string of the molecule is CCCOc1cc(-c2ccccc2OCCCCCC(C)CC)ccn1. The predicted molar refractivity (Wildman–Crippen MR) is 109 cm³/mol. The minimum Gasteiger partial charge on any atom is -0.493 e. The van der Waals surface area contributed by atoms with Gasteiger partial charge in [0.2, 0.25) is 5.88 Å². The van der Waals surface area contributed by atoms with E-state index in [1.54, 1.807) is 6.20 Å². The van der Waals surface area contributed by atoms with Crippen molar-refractivity contribution < 1.29 is 9.47 Å². The highest BCUT2D eigenvalue weighted by atomic mass is 16.5. The van der Waals surface area contributed by atoms with Gasteiger partial charge in [-0.25, -0.2) is 4.98 Å². The van der Waals surface area contributed by atoms with Crippen LogP contribution in [0.5, 0.6) is 11.6 Å². The second-order valence-electron chi connectivity index (χ2n) is 6.94. The Hall–Kier alpha value is -2.03. The molecule has 2 aromatic rings. The molecule has 142 valence electrons. The molecule has 0 saturated heterocycles. The van der Waals surface area contributed by atoms with Crippen LogP contribution in [0, 0.1) is 5.92 Å². The Morgan fingerprint density at radius 1 is 0.962 bits per heavy atom. The average Bonchev–Trinajstić information content (AvgIpc) is 2.69. The van der Waals surface area contributed by atoms with E-state index in [9.17, 15) is 0 Å². The molecule has 1 heterocycles. The van der Waals surface area contributed by atoms with E-state index in [0.717, 1.165) is 42.2 Å². The molecule has 0 saturated carbocycles. The molecule has 1 aromatic heterocycles. The largest absolute Gasteiger partial charge is 0.493 e. The highest BCUT2D eigenvalue weighted by Crippen LogP contribution is 2.31. The topological polar surface area (TPSA) is 31.4 Å². The van der Waals surface area contributed by atoms with Gasteiger partial charge in [-0.2, -0.15) is 0 Å². The van der Waals surface area contributed by atoms with Crippen molar-refractivity contribution in [1.29, 1.82) is 0 Å². The van der Waals surface area contributed by atoms with Gasteiger partial charge in [-0.15, -0.1) is 0 Å². The second kappa shape index (κ2) is 11.6. The van der Waals surface area contributed by atoms with E-state index in [0.29, 0.717) is 12.5 Å². The van der Waals surface area contributed by atoms with Gasteiger partial charge < -0.3 is 9.47 Å². The maximum absolute atomic E-state index is 6.08. The molecule has 0 aliphatic carbocycles. The lowest BCUT2D eigenvalue weighted by molar-refractivity contribution is 0.303. The van der Waals surface area contributed by atoms with Crippen molar-refractivity contribution in [2.24, 2.45) is 5.92 Å². The van der Waals surface area contributed by atoms with Gasteiger partial charge in [-0.05, 0) is 36.5 Å². The summed E-state index contributed by atoms with van der Waals surface area (Å²) in [5.74, 6) is 2.44. The molecule has 3 nitrogen and oxygen atoms in total. The third-order valence-electron chi connectivity index (χ3n) is 4.68. The molecule has 0 bridgehead atoms. The molecule has 0 spiro atoms. The first-order valence-corrected chi connectivity index (χ1v) is 10.1. The van der Waals surface area contributed by atoms with Crippen LogP contribution in [0.2, 0.25) is 0 Å². The van der Waals surface area contributed by atoms with Crippen LogP contribution in [0.15, 0.2) is 42.6 Å². The van der Waals surface area contributed by atoms with Gasteiger partial charge in [0.25, 0.3) is 0 Å². The molecule has 26 heavy (non-hydrogen) atoms. The van der Waals surface area contributed by atoms with Gasteiger partial charge in [-0.3, -0.25) is 0 Å². The van der Waals surface area contributed by atoms with E-state index in [2.05, 4.69) is 31.8 Å². The monoisotopic (exact) mass is 355 g/mol. The maximum Gasteiger partial charge on any atom is 0.213 e. The van der Waals surface area contributed by atoms with E-state index in [1.165, 1.54) is 25.7 Å². The Morgan fingerprint density at radius 2 is 1.81 bits per heavy atom. The number of hydrogen-bond acceptors (Lipinski definition) is 3. The zero-order chi connectivity index (χ0) is 18.6. The van der Waals surface area contributed by atoms with Crippen LogP contribution in [-0.2, 0) is 0 Å². The van der Waals surface area contributed by atoms with Crippen molar-refractivity contribution in [3.8, 4) is 22.8 Å². The van der Waals surface area contributed by atoms with Crippen molar-refractivity contribution in [3.05, 3.63) is 42.6 Å². The molecule has 0 fully saturated rings. The number of ether oxygens (including phenoxy) is 2. The van der Waals surface area contributed by atoms with Crippen LogP contribution in [0.3, 0.4) is 0 Å². The molecule has 0 amide bonds. The maximum atomic E-state index is 6.08. The lowest BCUT2D eigenvalue weighted by Crippen LogP contribution is -2.00. The molecule has 1 unspecified atom stereocenters. The molecule has 3 heteroatoms. The van der Waals surface area contributed by atoms with Gasteiger partial charge in [-0.1, -0.05) is 64.7 Å². The molecular formula is C23H33NO2. The fourth-order valence-electron chi connectivity index (χ4n) is 2.85. The van der Waals surface area contributed by atoms with Crippen molar-refractivity contribution >= 4 is 0 Å². The van der Waals surface area contributed by atoms with Crippen molar-refractivity contribution in [3.63, 3.8) is 0 Å². The first kappa shape index (κ1) is 20.3. The van der Waals surface area contributed by atoms with Gasteiger partial charge in [0.05, 0.1) is 13.2 Å². The fourth-order valence-corrected chi connectivity index (χ4v) is 2.85. The van der Waals surface area contributed by atoms with E-state index < -0.39 is 0 Å². The summed E-state index contributed by atoms with van der Waals surface area (Å²) in [6.45, 7) is 8.14. The minimum atomic E-state index is 0.671. The summed E-state index contributed by atoms with van der Waals surface area (Å²) in [6, 6.07) is 12.2. The number of nitrogens with zero attached hydrogens (tertiary/aromatic N) is 1. The molecule has 1 aromatic carbocycles. The summed E-state index contributed by atoms with van der Waals surface area (Å²) < 4.78 is 11.7. The number of aromatic nitrogens is 1. The Kier molecular flexibility index (Phi) is 9.02.